The third-order valence-corrected chi connectivity index (χ3v) is 4.11. The number of likely N-dealkylation sites (N-methyl/N-ethyl adjacent to an activating group) is 1. The molecule has 2 amide bonds. The van der Waals surface area contributed by atoms with Gasteiger partial charge in [-0.2, -0.15) is 0 Å². The Labute approximate surface area is 140 Å². The number of amides is 2. The van der Waals surface area contributed by atoms with Crippen LogP contribution < -0.4 is 10.6 Å². The van der Waals surface area contributed by atoms with Crippen LogP contribution in [0.4, 0.5) is 0 Å². The smallest absolute Gasteiger partial charge is 0.261 e. The number of thiophene rings is 1. The van der Waals surface area contributed by atoms with E-state index in [9.17, 15) is 9.59 Å². The molecule has 6 heteroatoms. The zero-order valence-corrected chi connectivity index (χ0v) is 14.1. The van der Waals surface area contributed by atoms with Gasteiger partial charge in [0.25, 0.3) is 5.91 Å². The lowest BCUT2D eigenvalue weighted by Crippen LogP contribution is -2.41. The molecule has 0 aliphatic rings. The van der Waals surface area contributed by atoms with Gasteiger partial charge < -0.3 is 15.5 Å². The second-order valence-electron chi connectivity index (χ2n) is 5.45. The highest BCUT2D eigenvalue weighted by Gasteiger charge is 2.16. The highest BCUT2D eigenvalue weighted by Crippen LogP contribution is 2.13. The van der Waals surface area contributed by atoms with Gasteiger partial charge in [-0.25, -0.2) is 0 Å². The van der Waals surface area contributed by atoms with Crippen molar-refractivity contribution in [3.05, 3.63) is 58.3 Å². The van der Waals surface area contributed by atoms with E-state index < -0.39 is 0 Å². The predicted octanol–water partition coefficient (Wildman–Crippen LogP) is 1.90. The van der Waals surface area contributed by atoms with Gasteiger partial charge in [-0.15, -0.1) is 11.3 Å². The van der Waals surface area contributed by atoms with Gasteiger partial charge in [0.1, 0.15) is 0 Å². The van der Waals surface area contributed by atoms with Crippen LogP contribution >= 0.6 is 11.3 Å². The Kier molecular flexibility index (Phi) is 6.31. The number of nitrogens with one attached hydrogen (secondary N) is 2. The highest BCUT2D eigenvalue weighted by atomic mass is 32.1. The van der Waals surface area contributed by atoms with E-state index in [1.807, 2.05) is 60.8 Å². The van der Waals surface area contributed by atoms with Crippen LogP contribution in [0.15, 0.2) is 47.8 Å². The summed E-state index contributed by atoms with van der Waals surface area (Å²) in [6, 6.07) is 13.2. The van der Waals surface area contributed by atoms with Crippen LogP contribution in [-0.4, -0.2) is 43.9 Å². The molecule has 1 aromatic carbocycles. The molecule has 5 nitrogen and oxygen atoms in total. The molecule has 0 aliphatic carbocycles. The molecule has 122 valence electrons. The Morgan fingerprint density at radius 2 is 1.87 bits per heavy atom. The Hall–Kier alpha value is -2.18. The van der Waals surface area contributed by atoms with Gasteiger partial charge in [-0.05, 0) is 31.1 Å². The number of carbonyl (C=O) groups is 2. The van der Waals surface area contributed by atoms with E-state index in [-0.39, 0.29) is 24.4 Å². The van der Waals surface area contributed by atoms with Crippen molar-refractivity contribution in [2.24, 2.45) is 0 Å². The largest absolute Gasteiger partial charge is 0.346 e. The highest BCUT2D eigenvalue weighted by molar-refractivity contribution is 7.12. The van der Waals surface area contributed by atoms with Crippen molar-refractivity contribution in [1.82, 2.24) is 15.5 Å². The van der Waals surface area contributed by atoms with Crippen molar-refractivity contribution in [3.8, 4) is 0 Å². The molecular formula is C17H21N3O2S. The number of carbonyl (C=O) groups excluding carboxylic acids is 2. The summed E-state index contributed by atoms with van der Waals surface area (Å²) in [6.45, 7) is 0.655. The third kappa shape index (κ3) is 5.50. The topological polar surface area (TPSA) is 61.4 Å². The molecule has 0 spiro atoms. The predicted molar refractivity (Wildman–Crippen MR) is 92.5 cm³/mol. The van der Waals surface area contributed by atoms with Crippen molar-refractivity contribution in [2.45, 2.75) is 6.04 Å². The summed E-state index contributed by atoms with van der Waals surface area (Å²) in [6.07, 6.45) is 0. The molecule has 1 heterocycles. The molecule has 2 N–H and O–H groups in total. The van der Waals surface area contributed by atoms with Gasteiger partial charge in [0, 0.05) is 6.54 Å². The Bertz CT molecular complexity index is 627. The molecule has 1 atom stereocenters. The van der Waals surface area contributed by atoms with Crippen LogP contribution in [0.5, 0.6) is 0 Å². The van der Waals surface area contributed by atoms with Crippen LogP contribution in [0.3, 0.4) is 0 Å². The molecule has 1 aromatic heterocycles. The second kappa shape index (κ2) is 8.45. The molecule has 0 radical (unpaired) electrons. The van der Waals surface area contributed by atoms with Gasteiger partial charge in [-0.1, -0.05) is 36.4 Å². The number of nitrogens with zero attached hydrogens (tertiary/aromatic N) is 1. The minimum atomic E-state index is -0.223. The molecule has 2 rings (SSSR count). The summed E-state index contributed by atoms with van der Waals surface area (Å²) >= 11 is 1.35. The van der Waals surface area contributed by atoms with Crippen molar-refractivity contribution >= 4 is 23.2 Å². The van der Waals surface area contributed by atoms with Crippen LogP contribution in [0, 0.1) is 0 Å². The summed E-state index contributed by atoms with van der Waals surface area (Å²) < 4.78 is 0. The average Bonchev–Trinajstić information content (AvgIpc) is 3.07. The summed E-state index contributed by atoms with van der Waals surface area (Å²) in [4.78, 5) is 26.6. The van der Waals surface area contributed by atoms with Crippen molar-refractivity contribution in [1.29, 1.82) is 0 Å². The Morgan fingerprint density at radius 1 is 1.13 bits per heavy atom. The molecular weight excluding hydrogens is 310 g/mol. The lowest BCUT2D eigenvalue weighted by molar-refractivity contribution is -0.121. The third-order valence-electron chi connectivity index (χ3n) is 3.24. The molecule has 23 heavy (non-hydrogen) atoms. The fraction of sp³-hybridized carbons (Fsp3) is 0.294. The molecule has 2 aromatic rings. The number of rotatable bonds is 7. The minimum Gasteiger partial charge on any atom is -0.346 e. The monoisotopic (exact) mass is 331 g/mol. The van der Waals surface area contributed by atoms with E-state index in [1.54, 1.807) is 6.07 Å². The van der Waals surface area contributed by atoms with Gasteiger partial charge >= 0.3 is 0 Å². The maximum Gasteiger partial charge on any atom is 0.261 e. The minimum absolute atomic E-state index is 0.0342. The standard InChI is InChI=1S/C17H21N3O2S/c1-20(2)12-14(13-7-4-3-5-8-13)19-16(21)11-18-17(22)15-9-6-10-23-15/h3-10,14H,11-12H2,1-2H3,(H,18,22)(H,19,21)/t14-/m0/s1. The summed E-state index contributed by atoms with van der Waals surface area (Å²) in [5.74, 6) is -0.426. The summed E-state index contributed by atoms with van der Waals surface area (Å²) in [5.41, 5.74) is 1.04. The summed E-state index contributed by atoms with van der Waals surface area (Å²) in [5, 5.41) is 7.45. The normalized spacial score (nSPS) is 12.0. The SMILES string of the molecule is CN(C)C[C@H](NC(=O)CNC(=O)c1cccs1)c1ccccc1. The zero-order valence-electron chi connectivity index (χ0n) is 13.3. The molecule has 0 saturated carbocycles. The fourth-order valence-corrected chi connectivity index (χ4v) is 2.83. The lowest BCUT2D eigenvalue weighted by atomic mass is 10.1. The van der Waals surface area contributed by atoms with E-state index in [0.717, 1.165) is 5.56 Å². The molecule has 0 saturated heterocycles. The van der Waals surface area contributed by atoms with Crippen molar-refractivity contribution in [3.63, 3.8) is 0 Å². The molecule has 0 bridgehead atoms. The molecule has 0 aliphatic heterocycles. The van der Waals surface area contributed by atoms with E-state index >= 15 is 0 Å². The zero-order chi connectivity index (χ0) is 16.7. The number of benzene rings is 1. The van der Waals surface area contributed by atoms with Gasteiger partial charge in [-0.3, -0.25) is 9.59 Å². The maximum absolute atomic E-state index is 12.1. The van der Waals surface area contributed by atoms with E-state index in [0.29, 0.717) is 11.4 Å². The van der Waals surface area contributed by atoms with Crippen molar-refractivity contribution < 1.29 is 9.59 Å². The van der Waals surface area contributed by atoms with Gasteiger partial charge in [0.2, 0.25) is 5.91 Å². The van der Waals surface area contributed by atoms with Gasteiger partial charge in [0.05, 0.1) is 17.5 Å². The molecule has 0 unspecified atom stereocenters. The lowest BCUT2D eigenvalue weighted by Gasteiger charge is -2.23. The Balaban J connectivity index is 1.91. The van der Waals surface area contributed by atoms with E-state index in [4.69, 9.17) is 0 Å². The first kappa shape index (κ1) is 17.2. The first-order chi connectivity index (χ1) is 11.1. The fourth-order valence-electron chi connectivity index (χ4n) is 2.19. The van der Waals surface area contributed by atoms with Crippen LogP contribution in [0.2, 0.25) is 0 Å². The van der Waals surface area contributed by atoms with E-state index in [2.05, 4.69) is 10.6 Å². The summed E-state index contributed by atoms with van der Waals surface area (Å²) in [7, 11) is 3.92. The van der Waals surface area contributed by atoms with Crippen LogP contribution in [0.1, 0.15) is 21.3 Å². The van der Waals surface area contributed by atoms with Crippen molar-refractivity contribution in [2.75, 3.05) is 27.2 Å². The Morgan fingerprint density at radius 3 is 2.48 bits per heavy atom. The first-order valence-electron chi connectivity index (χ1n) is 7.37. The van der Waals surface area contributed by atoms with Crippen LogP contribution in [0.25, 0.3) is 0 Å². The van der Waals surface area contributed by atoms with Gasteiger partial charge in [0.15, 0.2) is 0 Å². The maximum atomic E-state index is 12.1. The number of hydrogen-bond donors (Lipinski definition) is 2. The first-order valence-corrected chi connectivity index (χ1v) is 8.25. The van der Waals surface area contributed by atoms with E-state index in [1.165, 1.54) is 11.3 Å². The molecule has 0 fully saturated rings. The second-order valence-corrected chi connectivity index (χ2v) is 6.40. The quantitative estimate of drug-likeness (QED) is 0.814. The number of hydrogen-bond acceptors (Lipinski definition) is 4. The average molecular weight is 331 g/mol. The van der Waals surface area contributed by atoms with Crippen LogP contribution in [-0.2, 0) is 4.79 Å².